The van der Waals surface area contributed by atoms with Gasteiger partial charge >= 0.3 is 8.56 Å². The van der Waals surface area contributed by atoms with E-state index in [-0.39, 0.29) is 5.22 Å². The number of unbranched alkanes of at least 4 members (excludes halogenated alkanes) is 7. The predicted molar refractivity (Wildman–Crippen MR) is 109 cm³/mol. The van der Waals surface area contributed by atoms with E-state index in [1.165, 1.54) is 64.2 Å². The molecule has 0 aliphatic carbocycles. The van der Waals surface area contributed by atoms with Gasteiger partial charge in [-0.1, -0.05) is 71.1 Å². The molecule has 1 rings (SSSR count). The Bertz CT molecular complexity index is 309. The highest BCUT2D eigenvalue weighted by Crippen LogP contribution is 2.44. The van der Waals surface area contributed by atoms with Gasteiger partial charge in [0, 0.05) is 19.8 Å². The zero-order valence-electron chi connectivity index (χ0n) is 17.5. The average molecular weight is 373 g/mol. The summed E-state index contributed by atoms with van der Waals surface area (Å²) in [5.74, 6) is 0. The molecule has 1 aliphatic heterocycles. The Hall–Kier alpha value is 0.0969. The molecular weight excluding hydrogens is 328 g/mol. The smallest absolute Gasteiger partial charge is 0.371 e. The molecule has 3 nitrogen and oxygen atoms in total. The van der Waals surface area contributed by atoms with Crippen LogP contribution in [0, 0.1) is 0 Å². The maximum absolute atomic E-state index is 6.46. The minimum absolute atomic E-state index is 0.117. The molecule has 0 bridgehead atoms. The fraction of sp³-hybridized carbons (Fsp3) is 1.00. The molecule has 0 aromatic rings. The topological polar surface area (TPSA) is 27.7 Å². The Balaban J connectivity index is 2.59. The zero-order chi connectivity index (χ0) is 18.4. The van der Waals surface area contributed by atoms with Crippen LogP contribution < -0.4 is 0 Å². The molecule has 1 fully saturated rings. The third kappa shape index (κ3) is 6.97. The predicted octanol–water partition coefficient (Wildman–Crippen LogP) is 6.53. The summed E-state index contributed by atoms with van der Waals surface area (Å²) in [5, 5.41) is -0.117. The maximum atomic E-state index is 6.46. The lowest BCUT2D eigenvalue weighted by molar-refractivity contribution is -0.0468. The lowest BCUT2D eigenvalue weighted by Gasteiger charge is -2.49. The van der Waals surface area contributed by atoms with Crippen molar-refractivity contribution in [2.24, 2.45) is 0 Å². The zero-order valence-corrected chi connectivity index (χ0v) is 18.5. The first-order chi connectivity index (χ1) is 12.2. The molecule has 150 valence electrons. The van der Waals surface area contributed by atoms with Crippen LogP contribution in [0.3, 0.4) is 0 Å². The molecule has 1 saturated heterocycles. The van der Waals surface area contributed by atoms with Crippen LogP contribution in [-0.4, -0.2) is 33.6 Å². The standard InChI is InChI=1S/C21H44O3Si/c1-5-9-10-11-12-13-14-15-18-21(22-6-2)19-16-17-20-25(21,23-7-3)24-8-4/h5-20H2,1-4H3. The second-order valence-corrected chi connectivity index (χ2v) is 11.0. The molecule has 0 amide bonds. The minimum atomic E-state index is -2.29. The van der Waals surface area contributed by atoms with Crippen LogP contribution >= 0.6 is 0 Å². The first-order valence-electron chi connectivity index (χ1n) is 11.1. The van der Waals surface area contributed by atoms with Gasteiger partial charge in [-0.25, -0.2) is 0 Å². The summed E-state index contributed by atoms with van der Waals surface area (Å²) in [6, 6.07) is 1.10. The van der Waals surface area contributed by atoms with Gasteiger partial charge in [0.2, 0.25) is 0 Å². The average Bonchev–Trinajstić information content (AvgIpc) is 2.60. The molecule has 1 unspecified atom stereocenters. The summed E-state index contributed by atoms with van der Waals surface area (Å²) in [6.45, 7) is 10.9. The Morgan fingerprint density at radius 3 is 1.88 bits per heavy atom. The normalized spacial score (nSPS) is 23.0. The molecule has 4 heteroatoms. The molecule has 1 heterocycles. The van der Waals surface area contributed by atoms with E-state index in [2.05, 4.69) is 27.7 Å². The van der Waals surface area contributed by atoms with E-state index in [4.69, 9.17) is 13.6 Å². The van der Waals surface area contributed by atoms with Crippen LogP contribution in [0.25, 0.3) is 0 Å². The van der Waals surface area contributed by atoms with Gasteiger partial charge in [-0.15, -0.1) is 0 Å². The molecule has 25 heavy (non-hydrogen) atoms. The summed E-state index contributed by atoms with van der Waals surface area (Å²) < 4.78 is 19.3. The Morgan fingerprint density at radius 1 is 0.720 bits per heavy atom. The van der Waals surface area contributed by atoms with Gasteiger partial charge in [-0.2, -0.15) is 0 Å². The summed E-state index contributed by atoms with van der Waals surface area (Å²) >= 11 is 0. The van der Waals surface area contributed by atoms with Gasteiger partial charge in [-0.05, 0) is 39.7 Å². The minimum Gasteiger partial charge on any atom is -0.393 e. The van der Waals surface area contributed by atoms with Crippen LogP contribution in [0.2, 0.25) is 6.04 Å². The van der Waals surface area contributed by atoms with Crippen molar-refractivity contribution in [1.29, 1.82) is 0 Å². The van der Waals surface area contributed by atoms with E-state index in [9.17, 15) is 0 Å². The van der Waals surface area contributed by atoms with Gasteiger partial charge in [0.25, 0.3) is 0 Å². The summed E-state index contributed by atoms with van der Waals surface area (Å²) in [4.78, 5) is 0. The molecule has 0 N–H and O–H groups in total. The van der Waals surface area contributed by atoms with Gasteiger partial charge in [-0.3, -0.25) is 0 Å². The van der Waals surface area contributed by atoms with Crippen molar-refractivity contribution in [1.82, 2.24) is 0 Å². The van der Waals surface area contributed by atoms with Gasteiger partial charge in [0.15, 0.2) is 0 Å². The first-order valence-corrected chi connectivity index (χ1v) is 13.1. The molecule has 0 aromatic heterocycles. The highest BCUT2D eigenvalue weighted by atomic mass is 28.4. The van der Waals surface area contributed by atoms with Crippen molar-refractivity contribution < 1.29 is 13.6 Å². The SMILES string of the molecule is CCCCCCCCCCC1(OCC)CCCC[Si]1(OCC)OCC. The Morgan fingerprint density at radius 2 is 1.32 bits per heavy atom. The van der Waals surface area contributed by atoms with Gasteiger partial charge < -0.3 is 13.6 Å². The molecule has 0 radical (unpaired) electrons. The second-order valence-electron chi connectivity index (χ2n) is 7.48. The highest BCUT2D eigenvalue weighted by molar-refractivity contribution is 6.70. The van der Waals surface area contributed by atoms with Crippen molar-refractivity contribution in [3.05, 3.63) is 0 Å². The molecule has 0 aromatic carbocycles. The maximum Gasteiger partial charge on any atom is 0.371 e. The molecule has 1 aliphatic rings. The Kier molecular flexibility index (Phi) is 12.3. The lowest BCUT2D eigenvalue weighted by atomic mass is 10.0. The van der Waals surface area contributed by atoms with Crippen LogP contribution in [0.4, 0.5) is 0 Å². The van der Waals surface area contributed by atoms with E-state index < -0.39 is 8.56 Å². The van der Waals surface area contributed by atoms with Crippen molar-refractivity contribution in [2.45, 2.75) is 116 Å². The second kappa shape index (κ2) is 13.3. The number of ether oxygens (including phenoxy) is 1. The van der Waals surface area contributed by atoms with E-state index >= 15 is 0 Å². The quantitative estimate of drug-likeness (QED) is 0.241. The monoisotopic (exact) mass is 372 g/mol. The third-order valence-corrected chi connectivity index (χ3v) is 10.2. The van der Waals surface area contributed by atoms with Gasteiger partial charge in [0.05, 0.1) is 0 Å². The molecule has 0 spiro atoms. The van der Waals surface area contributed by atoms with Crippen molar-refractivity contribution in [3.8, 4) is 0 Å². The van der Waals surface area contributed by atoms with Crippen molar-refractivity contribution in [2.75, 3.05) is 19.8 Å². The van der Waals surface area contributed by atoms with Gasteiger partial charge in [0.1, 0.15) is 5.22 Å². The highest BCUT2D eigenvalue weighted by Gasteiger charge is 2.59. The fourth-order valence-electron chi connectivity index (χ4n) is 4.49. The lowest BCUT2D eigenvalue weighted by Crippen LogP contribution is -2.66. The molecule has 1 atom stereocenters. The van der Waals surface area contributed by atoms with Crippen LogP contribution in [0.5, 0.6) is 0 Å². The molecule has 0 saturated carbocycles. The van der Waals surface area contributed by atoms with Crippen LogP contribution in [0.1, 0.15) is 105 Å². The Labute approximate surface area is 158 Å². The number of hydrogen-bond acceptors (Lipinski definition) is 3. The molecular formula is C21H44O3Si. The van der Waals surface area contributed by atoms with Crippen LogP contribution in [-0.2, 0) is 13.6 Å². The summed E-state index contributed by atoms with van der Waals surface area (Å²) in [5.41, 5.74) is 0. The summed E-state index contributed by atoms with van der Waals surface area (Å²) in [6.07, 6.45) is 15.6. The number of hydrogen-bond donors (Lipinski definition) is 0. The summed E-state index contributed by atoms with van der Waals surface area (Å²) in [7, 11) is -2.29. The first kappa shape index (κ1) is 23.1. The number of rotatable bonds is 15. The largest absolute Gasteiger partial charge is 0.393 e. The van der Waals surface area contributed by atoms with E-state index in [0.29, 0.717) is 0 Å². The fourth-order valence-corrected chi connectivity index (χ4v) is 8.97. The van der Waals surface area contributed by atoms with Crippen LogP contribution in [0.15, 0.2) is 0 Å². The van der Waals surface area contributed by atoms with E-state index in [1.54, 1.807) is 0 Å². The van der Waals surface area contributed by atoms with E-state index in [1.807, 2.05) is 0 Å². The third-order valence-electron chi connectivity index (χ3n) is 5.64. The van der Waals surface area contributed by atoms with Crippen molar-refractivity contribution in [3.63, 3.8) is 0 Å². The van der Waals surface area contributed by atoms with Crippen molar-refractivity contribution >= 4 is 8.56 Å². The van der Waals surface area contributed by atoms with E-state index in [0.717, 1.165) is 38.7 Å².